The van der Waals surface area contributed by atoms with E-state index in [0.717, 1.165) is 5.57 Å². The number of nitrogens with zero attached hydrogens (tertiary/aromatic N) is 1. The smallest absolute Gasteiger partial charge is 0.292 e. The highest BCUT2D eigenvalue weighted by molar-refractivity contribution is 5.92. The average molecular weight is 443 g/mol. The highest BCUT2D eigenvalue weighted by Crippen LogP contribution is 2.26. The molecule has 32 heavy (non-hydrogen) atoms. The maximum Gasteiger partial charge on any atom is 0.292 e. The van der Waals surface area contributed by atoms with Gasteiger partial charge >= 0.3 is 0 Å². The minimum absolute atomic E-state index is 0.0518. The summed E-state index contributed by atoms with van der Waals surface area (Å²) in [4.78, 5) is 28.3. The van der Waals surface area contributed by atoms with Crippen molar-refractivity contribution in [2.24, 2.45) is 0 Å². The van der Waals surface area contributed by atoms with E-state index in [9.17, 15) is 19.1 Å². The average Bonchev–Trinajstić information content (AvgIpc) is 3.25. The van der Waals surface area contributed by atoms with E-state index in [0.29, 0.717) is 42.8 Å². The second kappa shape index (κ2) is 10.7. The number of benzene rings is 1. The van der Waals surface area contributed by atoms with E-state index >= 15 is 0 Å². The number of aliphatic hydroxyl groups is 1. The van der Waals surface area contributed by atoms with E-state index in [2.05, 4.69) is 22.2 Å². The second-order valence-corrected chi connectivity index (χ2v) is 7.54. The molecule has 1 heterocycles. The molecule has 1 unspecified atom stereocenters. The van der Waals surface area contributed by atoms with Crippen LogP contribution in [0.4, 0.5) is 4.39 Å². The van der Waals surface area contributed by atoms with Gasteiger partial charge in [-0.2, -0.15) is 0 Å². The molecule has 0 bridgehead atoms. The summed E-state index contributed by atoms with van der Waals surface area (Å²) in [7, 11) is 0. The third kappa shape index (κ3) is 6.52. The normalized spacial score (nSPS) is 15.6. The van der Waals surface area contributed by atoms with Crippen LogP contribution in [0.25, 0.3) is 5.57 Å². The molecule has 0 saturated carbocycles. The van der Waals surface area contributed by atoms with Crippen LogP contribution >= 0.6 is 0 Å². The summed E-state index contributed by atoms with van der Waals surface area (Å²) in [5.74, 6) is -0.573. The summed E-state index contributed by atoms with van der Waals surface area (Å²) in [6.07, 6.45) is 4.97. The zero-order valence-electron chi connectivity index (χ0n) is 17.8. The number of nitrogens with one attached hydrogen (secondary N) is 2. The number of aryl methyl sites for hydroxylation is 1. The molecule has 0 spiro atoms. The summed E-state index contributed by atoms with van der Waals surface area (Å²) >= 11 is 0. The molecule has 0 radical (unpaired) electrons. The van der Waals surface area contributed by atoms with Gasteiger partial charge < -0.3 is 24.9 Å². The monoisotopic (exact) mass is 443 g/mol. The van der Waals surface area contributed by atoms with Crippen LogP contribution in [0, 0.1) is 12.7 Å². The lowest BCUT2D eigenvalue weighted by Crippen LogP contribution is -2.31. The van der Waals surface area contributed by atoms with Gasteiger partial charge in [-0.15, -0.1) is 0 Å². The lowest BCUT2D eigenvalue weighted by atomic mass is 9.97. The van der Waals surface area contributed by atoms with Crippen LogP contribution in [0.15, 0.2) is 47.2 Å². The molecule has 1 aliphatic carbocycles. The summed E-state index contributed by atoms with van der Waals surface area (Å²) in [5.41, 5.74) is 1.76. The van der Waals surface area contributed by atoms with Crippen molar-refractivity contribution >= 4 is 17.4 Å². The van der Waals surface area contributed by atoms with Crippen LogP contribution < -0.4 is 15.4 Å². The van der Waals surface area contributed by atoms with Crippen LogP contribution in [-0.4, -0.2) is 41.2 Å². The number of hydrogen-bond acceptors (Lipinski definition) is 6. The van der Waals surface area contributed by atoms with Crippen molar-refractivity contribution in [3.63, 3.8) is 0 Å². The first-order valence-electron chi connectivity index (χ1n) is 10.3. The van der Waals surface area contributed by atoms with E-state index < -0.39 is 11.7 Å². The topological polar surface area (TPSA) is 114 Å². The number of carbonyl (C=O) groups is 2. The van der Waals surface area contributed by atoms with Crippen molar-refractivity contribution < 1.29 is 28.2 Å². The number of aromatic nitrogens is 1. The lowest BCUT2D eigenvalue weighted by Gasteiger charge is -2.14. The van der Waals surface area contributed by atoms with Crippen LogP contribution in [0.5, 0.6) is 5.75 Å². The minimum Gasteiger partial charge on any atom is -0.484 e. The number of rotatable bonds is 9. The molecule has 170 valence electrons. The maximum absolute atomic E-state index is 13.5. The van der Waals surface area contributed by atoms with Crippen molar-refractivity contribution in [1.29, 1.82) is 0 Å². The Bertz CT molecular complexity index is 1030. The Morgan fingerprint density at radius 3 is 2.94 bits per heavy atom. The molecule has 1 aliphatic rings. The van der Waals surface area contributed by atoms with Gasteiger partial charge in [0.05, 0.1) is 12.3 Å². The Morgan fingerprint density at radius 1 is 1.41 bits per heavy atom. The molecule has 0 saturated heterocycles. The third-order valence-corrected chi connectivity index (χ3v) is 4.94. The van der Waals surface area contributed by atoms with Crippen molar-refractivity contribution in [2.75, 3.05) is 13.2 Å². The first kappa shape index (κ1) is 23.2. The number of carbonyl (C=O) groups excluding carboxylic acids is 2. The Balaban J connectivity index is 1.37. The van der Waals surface area contributed by atoms with Gasteiger partial charge in [-0.1, -0.05) is 18.7 Å². The Hall–Kier alpha value is -3.46. The standard InChI is InChI=1S/C23H26FN3O5/c1-14-3-8-18(11-19(14)24)31-13-21(29)25-10-9-15(2)27-22(30)20-12-26-23(32-20)16-4-6-17(28)7-5-16/h3-4,8,11-12,17,28H,2,5-7,9-10,13H2,1H3,(H,25,29)(H,27,30). The number of ether oxygens (including phenoxy) is 1. The quantitative estimate of drug-likeness (QED) is 0.549. The van der Waals surface area contributed by atoms with Gasteiger partial charge in [-0.25, -0.2) is 9.37 Å². The summed E-state index contributed by atoms with van der Waals surface area (Å²) in [5, 5.41) is 14.8. The van der Waals surface area contributed by atoms with Gasteiger partial charge in [0.2, 0.25) is 11.7 Å². The van der Waals surface area contributed by atoms with Gasteiger partial charge in [0.25, 0.3) is 11.8 Å². The maximum atomic E-state index is 13.5. The highest BCUT2D eigenvalue weighted by Gasteiger charge is 2.19. The van der Waals surface area contributed by atoms with E-state index in [1.165, 1.54) is 12.3 Å². The molecule has 0 aliphatic heterocycles. The highest BCUT2D eigenvalue weighted by atomic mass is 19.1. The Kier molecular flexibility index (Phi) is 7.77. The molecule has 0 fully saturated rings. The van der Waals surface area contributed by atoms with Crippen LogP contribution in [0.2, 0.25) is 0 Å². The van der Waals surface area contributed by atoms with Crippen molar-refractivity contribution in [3.05, 3.63) is 65.8 Å². The Labute approximate surface area is 185 Å². The number of oxazole rings is 1. The number of allylic oxidation sites excluding steroid dienone is 1. The number of amides is 2. The molecular formula is C23H26FN3O5. The number of hydrogen-bond donors (Lipinski definition) is 3. The number of halogens is 1. The molecule has 1 aromatic heterocycles. The van der Waals surface area contributed by atoms with Gasteiger partial charge in [0.15, 0.2) is 6.61 Å². The molecule has 1 aromatic carbocycles. The van der Waals surface area contributed by atoms with Crippen molar-refractivity contribution in [1.82, 2.24) is 15.6 Å². The second-order valence-electron chi connectivity index (χ2n) is 7.54. The van der Waals surface area contributed by atoms with E-state index in [1.807, 2.05) is 6.08 Å². The fraction of sp³-hybridized carbons (Fsp3) is 0.348. The van der Waals surface area contributed by atoms with Crippen LogP contribution in [0.3, 0.4) is 0 Å². The summed E-state index contributed by atoms with van der Waals surface area (Å²) < 4.78 is 24.3. The third-order valence-electron chi connectivity index (χ3n) is 4.94. The molecule has 3 rings (SSSR count). The number of aliphatic hydroxyl groups excluding tert-OH is 1. The zero-order valence-corrected chi connectivity index (χ0v) is 17.8. The molecule has 9 heteroatoms. The van der Waals surface area contributed by atoms with Crippen LogP contribution in [-0.2, 0) is 4.79 Å². The lowest BCUT2D eigenvalue weighted by molar-refractivity contribution is -0.123. The minimum atomic E-state index is -0.485. The van der Waals surface area contributed by atoms with E-state index in [1.54, 1.807) is 19.1 Å². The summed E-state index contributed by atoms with van der Waals surface area (Å²) in [6.45, 7) is 5.40. The predicted molar refractivity (Wildman–Crippen MR) is 115 cm³/mol. The predicted octanol–water partition coefficient (Wildman–Crippen LogP) is 2.88. The van der Waals surface area contributed by atoms with E-state index in [-0.39, 0.29) is 36.7 Å². The zero-order chi connectivity index (χ0) is 23.1. The van der Waals surface area contributed by atoms with Gasteiger partial charge in [-0.05, 0) is 37.8 Å². The molecule has 2 aromatic rings. The molecule has 8 nitrogen and oxygen atoms in total. The molecule has 2 amide bonds. The fourth-order valence-corrected chi connectivity index (χ4v) is 3.04. The molecule has 3 N–H and O–H groups in total. The first-order valence-corrected chi connectivity index (χ1v) is 10.3. The van der Waals surface area contributed by atoms with Crippen molar-refractivity contribution in [2.45, 2.75) is 38.7 Å². The fourth-order valence-electron chi connectivity index (χ4n) is 3.04. The largest absolute Gasteiger partial charge is 0.484 e. The molecule has 1 atom stereocenters. The van der Waals surface area contributed by atoms with Gasteiger partial charge in [0.1, 0.15) is 11.6 Å². The SMILES string of the molecule is C=C(CCNC(=O)COc1ccc(C)c(F)c1)NC(=O)c1cnc(C2=CCC(O)CC2)o1. The summed E-state index contributed by atoms with van der Waals surface area (Å²) in [6, 6.07) is 4.39. The van der Waals surface area contributed by atoms with E-state index in [4.69, 9.17) is 9.15 Å². The van der Waals surface area contributed by atoms with Crippen LogP contribution in [0.1, 0.15) is 47.7 Å². The van der Waals surface area contributed by atoms with Gasteiger partial charge in [0, 0.05) is 30.3 Å². The van der Waals surface area contributed by atoms with Gasteiger partial charge in [-0.3, -0.25) is 9.59 Å². The first-order chi connectivity index (χ1) is 15.3. The molecular weight excluding hydrogens is 417 g/mol. The Morgan fingerprint density at radius 2 is 2.22 bits per heavy atom. The van der Waals surface area contributed by atoms with Crippen molar-refractivity contribution in [3.8, 4) is 5.75 Å².